The van der Waals surface area contributed by atoms with Crippen LogP contribution in [0, 0.1) is 0 Å². The Kier molecular flexibility index (Phi) is 4.86. The van der Waals surface area contributed by atoms with E-state index >= 15 is 0 Å². The van der Waals surface area contributed by atoms with Gasteiger partial charge in [-0.3, -0.25) is 4.79 Å². The van der Waals surface area contributed by atoms with Crippen LogP contribution in [0.1, 0.15) is 15.2 Å². The summed E-state index contributed by atoms with van der Waals surface area (Å²) in [5.41, 5.74) is 1.01. The average Bonchev–Trinajstić information content (AvgIpc) is 3.11. The smallest absolute Gasteiger partial charge is 0.261 e. The summed E-state index contributed by atoms with van der Waals surface area (Å²) in [5.74, 6) is 0.979. The Morgan fingerprint density at radius 1 is 1.15 bits per heavy atom. The van der Waals surface area contributed by atoms with Crippen LogP contribution in [-0.2, 0) is 6.54 Å². The van der Waals surface area contributed by atoms with E-state index in [0.717, 1.165) is 52.5 Å². The number of thiophene rings is 1. The van der Waals surface area contributed by atoms with Crippen molar-refractivity contribution in [2.45, 2.75) is 6.54 Å². The van der Waals surface area contributed by atoms with Gasteiger partial charge in [0.25, 0.3) is 5.91 Å². The molecule has 3 aromatic rings. The summed E-state index contributed by atoms with van der Waals surface area (Å²) in [6.07, 6.45) is 1.86. The number of nitrogens with one attached hydrogen (secondary N) is 1. The van der Waals surface area contributed by atoms with Crippen molar-refractivity contribution < 1.29 is 4.79 Å². The van der Waals surface area contributed by atoms with Crippen molar-refractivity contribution in [2.24, 2.45) is 0 Å². The lowest BCUT2D eigenvalue weighted by atomic mass is 10.2. The highest BCUT2D eigenvalue weighted by Crippen LogP contribution is 2.25. The second-order valence-corrected chi connectivity index (χ2v) is 7.73. The zero-order valence-electron chi connectivity index (χ0n) is 14.8. The molecule has 134 valence electrons. The number of carbonyl (C=O) groups excluding carboxylic acids is 1. The number of carbonyl (C=O) groups is 1. The first-order valence-electron chi connectivity index (χ1n) is 8.84. The van der Waals surface area contributed by atoms with E-state index in [1.165, 1.54) is 11.3 Å². The third kappa shape index (κ3) is 3.71. The number of hydrogen-bond acceptors (Lipinski definition) is 5. The minimum atomic E-state index is -0.0330. The molecule has 1 aliphatic heterocycles. The zero-order chi connectivity index (χ0) is 17.9. The zero-order valence-corrected chi connectivity index (χ0v) is 15.6. The lowest BCUT2D eigenvalue weighted by Gasteiger charge is -2.33. The average molecular weight is 366 g/mol. The van der Waals surface area contributed by atoms with Crippen molar-refractivity contribution in [3.63, 3.8) is 0 Å². The third-order valence-electron chi connectivity index (χ3n) is 4.74. The summed E-state index contributed by atoms with van der Waals surface area (Å²) in [6.45, 7) is 4.63. The largest absolute Gasteiger partial charge is 0.354 e. The van der Waals surface area contributed by atoms with Crippen molar-refractivity contribution in [1.82, 2.24) is 15.2 Å². The molecule has 1 saturated heterocycles. The number of pyridine rings is 1. The standard InChI is InChI=1S/C20H22N4OS/c1-23-8-10-24(11-9-23)19-7-6-15(13-21-19)14-22-20(25)18-12-16-4-2-3-5-17(16)26-18/h2-7,12-13H,8-11,14H2,1H3,(H,22,25). The van der Waals surface area contributed by atoms with Crippen molar-refractivity contribution in [3.8, 4) is 0 Å². The van der Waals surface area contributed by atoms with Crippen molar-refractivity contribution in [3.05, 3.63) is 59.1 Å². The molecule has 1 aliphatic rings. The minimum absolute atomic E-state index is 0.0330. The number of anilines is 1. The summed E-state index contributed by atoms with van der Waals surface area (Å²) in [6, 6.07) is 14.1. The van der Waals surface area contributed by atoms with Crippen LogP contribution >= 0.6 is 11.3 Å². The lowest BCUT2D eigenvalue weighted by molar-refractivity contribution is 0.0955. The first kappa shape index (κ1) is 17.0. The van der Waals surface area contributed by atoms with Gasteiger partial charge in [-0.15, -0.1) is 11.3 Å². The van der Waals surface area contributed by atoms with Crippen LogP contribution in [0.25, 0.3) is 10.1 Å². The second kappa shape index (κ2) is 7.43. The highest BCUT2D eigenvalue weighted by atomic mass is 32.1. The summed E-state index contributed by atoms with van der Waals surface area (Å²) < 4.78 is 1.14. The minimum Gasteiger partial charge on any atom is -0.354 e. The van der Waals surface area contributed by atoms with E-state index in [1.54, 1.807) is 0 Å². The molecular formula is C20H22N4OS. The molecule has 3 heterocycles. The topological polar surface area (TPSA) is 48.5 Å². The first-order chi connectivity index (χ1) is 12.7. The van der Waals surface area contributed by atoms with E-state index in [9.17, 15) is 4.79 Å². The van der Waals surface area contributed by atoms with E-state index in [2.05, 4.69) is 27.1 Å². The fourth-order valence-corrected chi connectivity index (χ4v) is 4.09. The molecule has 2 aromatic heterocycles. The Labute approximate surface area is 157 Å². The quantitative estimate of drug-likeness (QED) is 0.771. The van der Waals surface area contributed by atoms with Gasteiger partial charge in [0.15, 0.2) is 0 Å². The number of rotatable bonds is 4. The van der Waals surface area contributed by atoms with Crippen LogP contribution in [0.3, 0.4) is 0 Å². The summed E-state index contributed by atoms with van der Waals surface area (Å²) >= 11 is 1.52. The molecule has 1 fully saturated rings. The summed E-state index contributed by atoms with van der Waals surface area (Å²) in [7, 11) is 2.15. The van der Waals surface area contributed by atoms with Gasteiger partial charge in [0, 0.05) is 43.6 Å². The monoisotopic (exact) mass is 366 g/mol. The van der Waals surface area contributed by atoms with Crippen LogP contribution in [-0.4, -0.2) is 49.0 Å². The van der Waals surface area contributed by atoms with Gasteiger partial charge in [-0.05, 0) is 36.2 Å². The lowest BCUT2D eigenvalue weighted by Crippen LogP contribution is -2.44. The number of hydrogen-bond donors (Lipinski definition) is 1. The maximum absolute atomic E-state index is 12.4. The van der Waals surface area contributed by atoms with Gasteiger partial charge in [0.2, 0.25) is 0 Å². The van der Waals surface area contributed by atoms with Crippen molar-refractivity contribution in [1.29, 1.82) is 0 Å². The van der Waals surface area contributed by atoms with Gasteiger partial charge in [-0.2, -0.15) is 0 Å². The molecule has 0 spiro atoms. The molecule has 1 N–H and O–H groups in total. The van der Waals surface area contributed by atoms with E-state index in [-0.39, 0.29) is 5.91 Å². The van der Waals surface area contributed by atoms with E-state index in [1.807, 2.05) is 48.7 Å². The highest BCUT2D eigenvalue weighted by molar-refractivity contribution is 7.20. The molecule has 0 atom stereocenters. The number of benzene rings is 1. The molecule has 6 heteroatoms. The predicted octanol–water partition coefficient (Wildman–Crippen LogP) is 2.98. The van der Waals surface area contributed by atoms with E-state index in [0.29, 0.717) is 6.54 Å². The molecule has 1 aromatic carbocycles. The predicted molar refractivity (Wildman–Crippen MR) is 107 cm³/mol. The number of aromatic nitrogens is 1. The number of likely N-dealkylation sites (N-methyl/N-ethyl adjacent to an activating group) is 1. The number of amides is 1. The van der Waals surface area contributed by atoms with Crippen molar-refractivity contribution in [2.75, 3.05) is 38.1 Å². The molecule has 5 nitrogen and oxygen atoms in total. The normalized spacial score (nSPS) is 15.3. The van der Waals surface area contributed by atoms with E-state index in [4.69, 9.17) is 0 Å². The summed E-state index contributed by atoms with van der Waals surface area (Å²) in [4.78, 5) is 22.3. The van der Waals surface area contributed by atoms with Crippen LogP contribution in [0.2, 0.25) is 0 Å². The van der Waals surface area contributed by atoms with Crippen LogP contribution < -0.4 is 10.2 Å². The Balaban J connectivity index is 1.36. The maximum atomic E-state index is 12.4. The van der Waals surface area contributed by atoms with E-state index < -0.39 is 0 Å². The molecule has 0 bridgehead atoms. The molecule has 4 rings (SSSR count). The van der Waals surface area contributed by atoms with Gasteiger partial charge in [0.05, 0.1) is 4.88 Å². The second-order valence-electron chi connectivity index (χ2n) is 6.65. The third-order valence-corrected chi connectivity index (χ3v) is 5.85. The fourth-order valence-electron chi connectivity index (χ4n) is 3.11. The van der Waals surface area contributed by atoms with Crippen LogP contribution in [0.15, 0.2) is 48.7 Å². The SMILES string of the molecule is CN1CCN(c2ccc(CNC(=O)c3cc4ccccc4s3)cn2)CC1. The fraction of sp³-hybridized carbons (Fsp3) is 0.300. The molecule has 1 amide bonds. The molecule has 0 unspecified atom stereocenters. The molecule has 0 radical (unpaired) electrons. The highest BCUT2D eigenvalue weighted by Gasteiger charge is 2.15. The Bertz CT molecular complexity index is 865. The number of piperazine rings is 1. The Hall–Kier alpha value is -2.44. The van der Waals surface area contributed by atoms with Crippen LogP contribution in [0.4, 0.5) is 5.82 Å². The Morgan fingerprint density at radius 3 is 2.69 bits per heavy atom. The van der Waals surface area contributed by atoms with Gasteiger partial charge in [-0.1, -0.05) is 24.3 Å². The molecule has 0 saturated carbocycles. The molecule has 0 aliphatic carbocycles. The van der Waals surface area contributed by atoms with Gasteiger partial charge in [-0.25, -0.2) is 4.98 Å². The first-order valence-corrected chi connectivity index (χ1v) is 9.66. The Morgan fingerprint density at radius 2 is 1.96 bits per heavy atom. The molecular weight excluding hydrogens is 344 g/mol. The van der Waals surface area contributed by atoms with Crippen LogP contribution in [0.5, 0.6) is 0 Å². The van der Waals surface area contributed by atoms with Gasteiger partial charge < -0.3 is 15.1 Å². The number of fused-ring (bicyclic) bond motifs is 1. The van der Waals surface area contributed by atoms with Gasteiger partial charge in [0.1, 0.15) is 5.82 Å². The van der Waals surface area contributed by atoms with Crippen molar-refractivity contribution >= 4 is 33.1 Å². The maximum Gasteiger partial charge on any atom is 0.261 e. The number of nitrogens with zero attached hydrogens (tertiary/aromatic N) is 3. The van der Waals surface area contributed by atoms with Gasteiger partial charge >= 0.3 is 0 Å². The molecule has 26 heavy (non-hydrogen) atoms. The summed E-state index contributed by atoms with van der Waals surface area (Å²) in [5, 5.41) is 4.10.